The summed E-state index contributed by atoms with van der Waals surface area (Å²) in [5.74, 6) is 2.35. The van der Waals surface area contributed by atoms with Gasteiger partial charge in [0, 0.05) is 127 Å². The van der Waals surface area contributed by atoms with Crippen LogP contribution in [0.5, 0.6) is 0 Å². The van der Waals surface area contributed by atoms with E-state index in [2.05, 4.69) is 177 Å². The molecule has 10 aliphatic rings. The number of anilines is 4. The molecule has 0 bridgehead atoms. The summed E-state index contributed by atoms with van der Waals surface area (Å²) in [7, 11) is -1.65. The van der Waals surface area contributed by atoms with Crippen molar-refractivity contribution in [2.24, 2.45) is 5.73 Å². The SMILES string of the molecule is CSF.Clc1nc(Cl)c2ncccc2n1.Clc1nc(NC2CCC3=C(C=CC3)C2)c2ncccc2n1.Fc1cncc(-c2nc(NC3CCC4=C(C=CC4)C3)c3ncccc3n2)c1.Fc1cncc(-c2nc(N[C@@H]3CCC4=C(C=CC4)C3)c3ncccc3n2)c1.Fc1cncc(-c2nc(N[C@H]3CCC4=C(C=CC4)C3)c3ncccc3n2)c1.NC1CCC2=C(C=CC2)C1.OB(O)c1cncc(F)c1. The predicted molar refractivity (Wildman–Crippen MR) is 531 cm³/mol. The third kappa shape index (κ3) is 24.7. The molecule has 0 aromatic carbocycles. The first-order chi connectivity index (χ1) is 66.8. The van der Waals surface area contributed by atoms with Gasteiger partial charge in [-0.15, -0.1) is 0 Å². The summed E-state index contributed by atoms with van der Waals surface area (Å²) in [5, 5.41) is 31.9. The van der Waals surface area contributed by atoms with Crippen LogP contribution in [0.15, 0.2) is 282 Å². The Morgan fingerprint density at radius 1 is 0.358 bits per heavy atom. The standard InChI is InChI=1S/3C21H18FN5.C16H15ClN4.C9H13N.C7H3Cl2N3.C5H5BFNO2.CH3FS/c3*22-16-9-15(11-23-12-16)20-26-18-5-2-8-24-19(18)21(27-20)25-17-7-6-13-3-1-4-14(13)10-17;17-16-20-13-5-2-8-18-14(13)15(21-16)19-12-7-6-10-3-1-4-11(10)9-12;10-9-5-4-7-2-1-3-8(7)6-9;8-6-5-4(2-1-3-10-5)11-7(9)12-6;7-5-1-4(6(9)10)2-8-3-5;1-3-2/h3*1-2,4-5,8-9,11-12,17H,3,6-7,10H2,(H,25,26,27);1-2,4-5,8,12H,3,6-7,9H2,(H,19,20,21);1,3,9H,2,4-6,10H2;1-3H;1-3,9-10H;1H3/t2*17-;;;;;;/m10....../s1. The van der Waals surface area contributed by atoms with E-state index in [4.69, 9.17) is 50.6 Å². The summed E-state index contributed by atoms with van der Waals surface area (Å²) in [6.07, 6.45) is 64.8. The average Bonchev–Trinajstić information content (AvgIpc) is 1.64. The molecule has 0 spiro atoms. The van der Waals surface area contributed by atoms with E-state index < -0.39 is 30.4 Å². The van der Waals surface area contributed by atoms with E-state index in [1.807, 2.05) is 48.5 Å². The number of rotatable bonds is 12. The van der Waals surface area contributed by atoms with E-state index in [0.29, 0.717) is 92.9 Å². The van der Waals surface area contributed by atoms with Crippen LogP contribution in [0.25, 0.3) is 89.3 Å². The highest BCUT2D eigenvalue weighted by Gasteiger charge is 2.30. The van der Waals surface area contributed by atoms with Crippen molar-refractivity contribution in [2.75, 3.05) is 27.5 Å². The van der Waals surface area contributed by atoms with Crippen molar-refractivity contribution < 1.29 is 31.5 Å². The van der Waals surface area contributed by atoms with Gasteiger partial charge in [-0.3, -0.25) is 44.9 Å². The van der Waals surface area contributed by atoms with Crippen molar-refractivity contribution >= 4 is 138 Å². The minimum absolute atomic E-state index is 0.0556. The molecular weight excluding hydrogens is 1830 g/mol. The fourth-order valence-electron chi connectivity index (χ4n) is 17.9. The molecule has 8 N–H and O–H groups in total. The van der Waals surface area contributed by atoms with E-state index in [1.54, 1.807) is 89.6 Å². The highest BCUT2D eigenvalue weighted by Crippen LogP contribution is 2.41. The van der Waals surface area contributed by atoms with Gasteiger partial charge in [0.05, 0.1) is 52.4 Å². The van der Waals surface area contributed by atoms with Gasteiger partial charge in [0.2, 0.25) is 10.6 Å². The number of fused-ring (bicyclic) bond motifs is 5. The molecule has 0 radical (unpaired) electrons. The number of hydrogen-bond acceptors (Lipinski definition) is 27. The number of nitrogens with zero attached hydrogens (tertiary/aromatic N) is 19. The van der Waals surface area contributed by atoms with E-state index in [0.717, 1.165) is 171 Å². The van der Waals surface area contributed by atoms with E-state index >= 15 is 0 Å². The second-order valence-electron chi connectivity index (χ2n) is 33.8. The first-order valence-corrected chi connectivity index (χ1v) is 47.3. The third-order valence-electron chi connectivity index (χ3n) is 24.5. The Balaban J connectivity index is 0.000000114. The Morgan fingerprint density at radius 3 is 0.964 bits per heavy atom. The topological polar surface area (TPSA) is 360 Å². The van der Waals surface area contributed by atoms with E-state index in [-0.39, 0.29) is 33.3 Å². The number of nitrogens with one attached hydrogen (secondary N) is 4. The van der Waals surface area contributed by atoms with E-state index in [1.165, 1.54) is 96.4 Å². The minimum atomic E-state index is -1.65. The Bertz CT molecular complexity index is 6740. The first-order valence-electron chi connectivity index (χ1n) is 45.1. The zero-order chi connectivity index (χ0) is 94.7. The van der Waals surface area contributed by atoms with Crippen LogP contribution in [0.3, 0.4) is 0 Å². The lowest BCUT2D eigenvalue weighted by Crippen LogP contribution is -2.30. The summed E-state index contributed by atoms with van der Waals surface area (Å²) in [6, 6.07) is 25.4. The maximum absolute atomic E-state index is 13.6. The summed E-state index contributed by atoms with van der Waals surface area (Å²) in [6.45, 7) is 0. The molecule has 26 nitrogen and oxygen atoms in total. The van der Waals surface area contributed by atoms with Gasteiger partial charge in [0.1, 0.15) is 50.9 Å². The molecular formula is C101H93BCl3F5N24O2S. The van der Waals surface area contributed by atoms with Gasteiger partial charge in [0.25, 0.3) is 0 Å². The number of nitrogens with two attached hydrogens (primary N) is 1. The lowest BCUT2D eigenvalue weighted by Gasteiger charge is -2.25. The van der Waals surface area contributed by atoms with Crippen molar-refractivity contribution in [3.63, 3.8) is 0 Å². The molecule has 0 amide bonds. The normalized spacial score (nSPS) is 18.3. The smallest absolute Gasteiger partial charge is 0.423 e. The molecule has 14 aromatic rings. The van der Waals surface area contributed by atoms with Crippen molar-refractivity contribution in [1.82, 2.24) is 94.7 Å². The molecule has 3 unspecified atom stereocenters. The first kappa shape index (κ1) is 95.2. The molecule has 0 fully saturated rings. The largest absolute Gasteiger partial charge is 0.490 e. The molecule has 14 aromatic heterocycles. The van der Waals surface area contributed by atoms with Crippen LogP contribution >= 0.6 is 47.0 Å². The molecule has 137 heavy (non-hydrogen) atoms. The van der Waals surface area contributed by atoms with Crippen LogP contribution in [0.4, 0.5) is 44.7 Å². The van der Waals surface area contributed by atoms with Crippen LogP contribution in [-0.2, 0) is 0 Å². The van der Waals surface area contributed by atoms with Crippen LogP contribution < -0.4 is 32.5 Å². The van der Waals surface area contributed by atoms with Crippen LogP contribution in [0, 0.1) is 23.3 Å². The maximum atomic E-state index is 13.6. The number of pyridine rings is 9. The van der Waals surface area contributed by atoms with Crippen molar-refractivity contribution in [1.29, 1.82) is 0 Å². The van der Waals surface area contributed by atoms with Crippen LogP contribution in [0.1, 0.15) is 128 Å². The summed E-state index contributed by atoms with van der Waals surface area (Å²) in [4.78, 5) is 80.8. The van der Waals surface area contributed by atoms with Crippen molar-refractivity contribution in [3.8, 4) is 34.2 Å². The third-order valence-corrected chi connectivity index (χ3v) is 25.1. The van der Waals surface area contributed by atoms with Gasteiger partial charge in [-0.25, -0.2) is 62.4 Å². The van der Waals surface area contributed by atoms with Crippen LogP contribution in [-0.4, -0.2) is 148 Å². The lowest BCUT2D eigenvalue weighted by molar-refractivity contribution is 0.425. The maximum Gasteiger partial charge on any atom is 0.490 e. The zero-order valence-corrected chi connectivity index (χ0v) is 77.5. The Morgan fingerprint density at radius 2 is 0.642 bits per heavy atom. The fourth-order valence-corrected chi connectivity index (χ4v) is 18.5. The molecule has 24 rings (SSSR count). The van der Waals surface area contributed by atoms with Crippen LogP contribution in [0.2, 0.25) is 15.7 Å². The molecule has 0 aliphatic heterocycles. The highest BCUT2D eigenvalue weighted by atomic mass is 35.5. The monoisotopic (exact) mass is 1920 g/mol. The van der Waals surface area contributed by atoms with Crippen molar-refractivity contribution in [2.45, 2.75) is 159 Å². The quantitative estimate of drug-likeness (QED) is 0.0258. The Kier molecular flexibility index (Phi) is 31.6. The Labute approximate surface area is 806 Å². The molecule has 36 heteroatoms. The highest BCUT2D eigenvalue weighted by molar-refractivity contribution is 7.93. The lowest BCUT2D eigenvalue weighted by atomic mass is 9.82. The molecule has 14 heterocycles. The minimum Gasteiger partial charge on any atom is -0.423 e. The van der Waals surface area contributed by atoms with Gasteiger partial charge in [-0.05, 0) is 264 Å². The average molecular weight is 1920 g/mol. The number of allylic oxidation sites excluding steroid dienone is 15. The predicted octanol–water partition coefficient (Wildman–Crippen LogP) is 21.5. The molecule has 10 aliphatic carbocycles. The number of aromatic nitrogens is 19. The fraction of sp³-hybridized carbons (Fsp3) is 0.257. The zero-order valence-electron chi connectivity index (χ0n) is 74.4. The second-order valence-corrected chi connectivity index (χ2v) is 35.2. The van der Waals surface area contributed by atoms with Gasteiger partial charge >= 0.3 is 7.12 Å². The number of hydrogen-bond donors (Lipinski definition) is 7. The molecule has 0 saturated heterocycles. The van der Waals surface area contributed by atoms with Crippen molar-refractivity contribution in [3.05, 3.63) is 321 Å². The Hall–Kier alpha value is -13.5. The summed E-state index contributed by atoms with van der Waals surface area (Å²) in [5.41, 5.74) is 29.9. The van der Waals surface area contributed by atoms with Gasteiger partial charge < -0.3 is 37.0 Å². The van der Waals surface area contributed by atoms with Gasteiger partial charge in [-0.1, -0.05) is 100 Å². The van der Waals surface area contributed by atoms with E-state index in [9.17, 15) is 21.4 Å². The van der Waals surface area contributed by atoms with Gasteiger partial charge in [-0.2, -0.15) is 8.87 Å². The molecule has 5 atom stereocenters. The molecule has 694 valence electrons. The summed E-state index contributed by atoms with van der Waals surface area (Å²) < 4.78 is 63.3. The second kappa shape index (κ2) is 45.4. The summed E-state index contributed by atoms with van der Waals surface area (Å²) >= 11 is 17.6. The molecule has 0 saturated carbocycles. The number of halogens is 8. The van der Waals surface area contributed by atoms with Gasteiger partial charge in [0.15, 0.2) is 45.9 Å².